The van der Waals surface area contributed by atoms with Gasteiger partial charge in [-0.25, -0.2) is 8.42 Å². The van der Waals surface area contributed by atoms with Crippen LogP contribution in [-0.4, -0.2) is 43.9 Å². The first kappa shape index (κ1) is 22.4. The van der Waals surface area contributed by atoms with Gasteiger partial charge in [0.05, 0.1) is 35.0 Å². The number of aromatic nitrogens is 1. The van der Waals surface area contributed by atoms with Gasteiger partial charge in [-0.05, 0) is 68.1 Å². The van der Waals surface area contributed by atoms with Gasteiger partial charge in [-0.1, -0.05) is 24.3 Å². The van der Waals surface area contributed by atoms with E-state index in [0.29, 0.717) is 24.4 Å². The average Bonchev–Trinajstić information content (AvgIpc) is 3.60. The molecule has 0 N–H and O–H groups in total. The number of carbonyl (C=O) groups excluding carboxylic acids is 1. The molecule has 176 valence electrons. The predicted molar refractivity (Wildman–Crippen MR) is 130 cm³/mol. The van der Waals surface area contributed by atoms with E-state index < -0.39 is 10.0 Å². The number of rotatable bonds is 7. The van der Waals surface area contributed by atoms with Crippen LogP contribution in [0.15, 0.2) is 71.8 Å². The van der Waals surface area contributed by atoms with E-state index in [1.54, 1.807) is 12.3 Å². The third kappa shape index (κ3) is 3.92. The van der Waals surface area contributed by atoms with E-state index in [9.17, 15) is 13.2 Å². The van der Waals surface area contributed by atoms with Crippen molar-refractivity contribution >= 4 is 21.6 Å². The Bertz CT molecular complexity index is 1320. The van der Waals surface area contributed by atoms with Gasteiger partial charge in [0.15, 0.2) is 0 Å². The van der Waals surface area contributed by atoms with Gasteiger partial charge in [-0.2, -0.15) is 0 Å². The Hall–Kier alpha value is -3.39. The predicted octanol–water partition coefficient (Wildman–Crippen LogP) is 4.21. The summed E-state index contributed by atoms with van der Waals surface area (Å²) in [4.78, 5) is 20.1. The summed E-state index contributed by atoms with van der Waals surface area (Å²) in [7, 11) is -2.35. The number of pyridine rings is 1. The molecule has 0 saturated heterocycles. The second-order valence-electron chi connectivity index (χ2n) is 8.69. The minimum atomic E-state index is -3.84. The van der Waals surface area contributed by atoms with Gasteiger partial charge in [0.1, 0.15) is 5.75 Å². The molecule has 8 heteroatoms. The Morgan fingerprint density at radius 3 is 2.59 bits per heavy atom. The number of hydrogen-bond donors (Lipinski definition) is 0. The van der Waals surface area contributed by atoms with Gasteiger partial charge >= 0.3 is 0 Å². The number of nitrogens with zero attached hydrogens (tertiary/aromatic N) is 3. The largest absolute Gasteiger partial charge is 0.496 e. The minimum absolute atomic E-state index is 0.0783. The number of hydrogen-bond acceptors (Lipinski definition) is 5. The van der Waals surface area contributed by atoms with Crippen molar-refractivity contribution in [3.8, 4) is 5.75 Å². The van der Waals surface area contributed by atoms with Crippen LogP contribution in [0.3, 0.4) is 0 Å². The number of carbonyl (C=O) groups is 1. The van der Waals surface area contributed by atoms with Crippen molar-refractivity contribution in [2.75, 3.05) is 18.0 Å². The van der Waals surface area contributed by atoms with E-state index in [1.807, 2.05) is 54.3 Å². The highest BCUT2D eigenvalue weighted by atomic mass is 32.2. The quantitative estimate of drug-likeness (QED) is 0.509. The van der Waals surface area contributed by atoms with Gasteiger partial charge in [0, 0.05) is 18.8 Å². The standard InChI is InChI=1S/C26H27N3O4S/c1-18(23-8-5-6-15-27-23)29(20-10-11-20)26(30)22-17-21(12-13-25(22)33-2)34(31,32)28-16-14-19-7-3-4-9-24(19)28/h3-9,12-13,15,17-18,20H,10-11,14,16H2,1-2H3. The molecule has 2 aliphatic rings. The summed E-state index contributed by atoms with van der Waals surface area (Å²) < 4.78 is 34.1. The summed E-state index contributed by atoms with van der Waals surface area (Å²) in [5.74, 6) is 0.0982. The first-order valence-corrected chi connectivity index (χ1v) is 12.9. The summed E-state index contributed by atoms with van der Waals surface area (Å²) in [5, 5.41) is 0. The average molecular weight is 478 g/mol. The molecule has 1 aliphatic carbocycles. The summed E-state index contributed by atoms with van der Waals surface area (Å²) in [5.41, 5.74) is 2.72. The maximum atomic E-state index is 13.8. The second kappa shape index (κ2) is 8.76. The molecule has 5 rings (SSSR count). The highest BCUT2D eigenvalue weighted by molar-refractivity contribution is 7.92. The first-order chi connectivity index (χ1) is 16.4. The summed E-state index contributed by atoms with van der Waals surface area (Å²) in [6, 6.07) is 17.5. The molecule has 3 aromatic rings. The molecule has 7 nitrogen and oxygen atoms in total. The van der Waals surface area contributed by atoms with Gasteiger partial charge in [-0.3, -0.25) is 14.1 Å². The van der Waals surface area contributed by atoms with Crippen molar-refractivity contribution in [1.82, 2.24) is 9.88 Å². The summed E-state index contributed by atoms with van der Waals surface area (Å²) >= 11 is 0. The number of ether oxygens (including phenoxy) is 1. The van der Waals surface area contributed by atoms with Crippen LogP contribution in [0.5, 0.6) is 5.75 Å². The molecule has 1 saturated carbocycles. The van der Waals surface area contributed by atoms with E-state index in [0.717, 1.165) is 24.1 Å². The molecular weight excluding hydrogens is 450 g/mol. The Balaban J connectivity index is 1.53. The van der Waals surface area contributed by atoms with E-state index in [2.05, 4.69) is 4.98 Å². The van der Waals surface area contributed by atoms with Crippen LogP contribution >= 0.6 is 0 Å². The Labute approximate surface area is 200 Å². The topological polar surface area (TPSA) is 79.8 Å². The van der Waals surface area contributed by atoms with Gasteiger partial charge < -0.3 is 9.64 Å². The zero-order valence-electron chi connectivity index (χ0n) is 19.2. The molecule has 1 aromatic heterocycles. The molecule has 1 fully saturated rings. The van der Waals surface area contributed by atoms with Crippen LogP contribution in [0.2, 0.25) is 0 Å². The van der Waals surface area contributed by atoms with Crippen molar-refractivity contribution in [1.29, 1.82) is 0 Å². The lowest BCUT2D eigenvalue weighted by Gasteiger charge is -2.30. The van der Waals surface area contributed by atoms with Crippen LogP contribution in [0, 0.1) is 0 Å². The Morgan fingerprint density at radius 2 is 1.88 bits per heavy atom. The lowest BCUT2D eigenvalue weighted by molar-refractivity contribution is 0.0666. The third-order valence-corrected chi connectivity index (χ3v) is 8.35. The fourth-order valence-electron chi connectivity index (χ4n) is 4.61. The fourth-order valence-corrected chi connectivity index (χ4v) is 6.14. The molecule has 0 bridgehead atoms. The third-order valence-electron chi connectivity index (χ3n) is 6.54. The van der Waals surface area contributed by atoms with Crippen molar-refractivity contribution in [3.05, 3.63) is 83.7 Å². The SMILES string of the molecule is COc1ccc(S(=O)(=O)N2CCc3ccccc32)cc1C(=O)N(C1CC1)C(C)c1ccccn1. The number of sulfonamides is 1. The molecule has 1 aliphatic heterocycles. The lowest BCUT2D eigenvalue weighted by atomic mass is 10.1. The van der Waals surface area contributed by atoms with E-state index in [4.69, 9.17) is 4.74 Å². The van der Waals surface area contributed by atoms with Crippen LogP contribution in [0.1, 0.15) is 47.4 Å². The van der Waals surface area contributed by atoms with Crippen molar-refractivity contribution < 1.29 is 17.9 Å². The number of benzene rings is 2. The van der Waals surface area contributed by atoms with E-state index >= 15 is 0 Å². The number of anilines is 1. The lowest BCUT2D eigenvalue weighted by Crippen LogP contribution is -2.36. The molecule has 1 atom stereocenters. The number of fused-ring (bicyclic) bond motifs is 1. The van der Waals surface area contributed by atoms with E-state index in [1.165, 1.54) is 23.5 Å². The maximum Gasteiger partial charge on any atom is 0.264 e. The molecular formula is C26H27N3O4S. The first-order valence-electron chi connectivity index (χ1n) is 11.4. The summed E-state index contributed by atoms with van der Waals surface area (Å²) in [6.45, 7) is 2.33. The number of para-hydroxylation sites is 1. The molecule has 2 aromatic carbocycles. The highest BCUT2D eigenvalue weighted by Gasteiger charge is 2.39. The molecule has 0 radical (unpaired) electrons. The molecule has 0 spiro atoms. The Kier molecular flexibility index (Phi) is 5.77. The maximum absolute atomic E-state index is 13.8. The molecule has 1 amide bonds. The van der Waals surface area contributed by atoms with Crippen molar-refractivity contribution in [3.63, 3.8) is 0 Å². The van der Waals surface area contributed by atoms with Gasteiger partial charge in [0.25, 0.3) is 15.9 Å². The van der Waals surface area contributed by atoms with Crippen LogP contribution in [0.25, 0.3) is 0 Å². The summed E-state index contributed by atoms with van der Waals surface area (Å²) in [6.07, 6.45) is 4.19. The minimum Gasteiger partial charge on any atom is -0.496 e. The van der Waals surface area contributed by atoms with Gasteiger partial charge in [-0.15, -0.1) is 0 Å². The smallest absolute Gasteiger partial charge is 0.264 e. The zero-order chi connectivity index (χ0) is 23.9. The molecule has 1 unspecified atom stereocenters. The normalized spacial score (nSPS) is 16.1. The van der Waals surface area contributed by atoms with Crippen LogP contribution < -0.4 is 9.04 Å². The monoisotopic (exact) mass is 477 g/mol. The van der Waals surface area contributed by atoms with Gasteiger partial charge in [0.2, 0.25) is 0 Å². The highest BCUT2D eigenvalue weighted by Crippen LogP contribution is 2.38. The number of methoxy groups -OCH3 is 1. The van der Waals surface area contributed by atoms with Crippen molar-refractivity contribution in [2.24, 2.45) is 0 Å². The number of amides is 1. The van der Waals surface area contributed by atoms with Crippen molar-refractivity contribution in [2.45, 2.75) is 43.2 Å². The molecule has 34 heavy (non-hydrogen) atoms. The fraction of sp³-hybridized carbons (Fsp3) is 0.308. The van der Waals surface area contributed by atoms with Crippen LogP contribution in [0.4, 0.5) is 5.69 Å². The Morgan fingerprint density at radius 1 is 1.12 bits per heavy atom. The molecule has 2 heterocycles. The zero-order valence-corrected chi connectivity index (χ0v) is 20.0. The second-order valence-corrected chi connectivity index (χ2v) is 10.6. The van der Waals surface area contributed by atoms with Crippen LogP contribution in [-0.2, 0) is 16.4 Å². The van der Waals surface area contributed by atoms with E-state index in [-0.39, 0.29) is 28.4 Å².